The molecule has 0 unspecified atom stereocenters. The van der Waals surface area contributed by atoms with Crippen LogP contribution in [0.5, 0.6) is 0 Å². The van der Waals surface area contributed by atoms with Crippen molar-refractivity contribution in [2.75, 3.05) is 18.4 Å². The van der Waals surface area contributed by atoms with Crippen molar-refractivity contribution in [2.24, 2.45) is 0 Å². The van der Waals surface area contributed by atoms with E-state index < -0.39 is 11.2 Å². The summed E-state index contributed by atoms with van der Waals surface area (Å²) < 4.78 is 7.27. The van der Waals surface area contributed by atoms with Gasteiger partial charge in [-0.1, -0.05) is 12.1 Å². The highest BCUT2D eigenvalue weighted by atomic mass is 16.6. The van der Waals surface area contributed by atoms with Crippen molar-refractivity contribution in [3.8, 4) is 22.5 Å². The normalized spacial score (nSPS) is 14.6. The summed E-state index contributed by atoms with van der Waals surface area (Å²) in [6.07, 6.45) is 8.67. The molecule has 220 valence electrons. The number of nitrogens with one attached hydrogen (secondary N) is 1. The van der Waals surface area contributed by atoms with Crippen molar-refractivity contribution in [1.82, 2.24) is 29.6 Å². The first-order valence-electron chi connectivity index (χ1n) is 14.3. The van der Waals surface area contributed by atoms with Crippen LogP contribution in [0.1, 0.15) is 58.9 Å². The lowest BCUT2D eigenvalue weighted by Gasteiger charge is -2.33. The van der Waals surface area contributed by atoms with Crippen LogP contribution in [0.15, 0.2) is 67.3 Å². The minimum absolute atomic E-state index is 0.236. The Kier molecular flexibility index (Phi) is 8.27. The Morgan fingerprint density at radius 1 is 1.05 bits per heavy atom. The lowest BCUT2D eigenvalue weighted by Crippen LogP contribution is -2.41. The van der Waals surface area contributed by atoms with Gasteiger partial charge in [-0.25, -0.2) is 14.8 Å². The smallest absolute Gasteiger partial charge is 0.410 e. The van der Waals surface area contributed by atoms with Gasteiger partial charge in [0, 0.05) is 54.7 Å². The van der Waals surface area contributed by atoms with E-state index in [0.29, 0.717) is 37.2 Å². The molecule has 1 amide bonds. The fraction of sp³-hybridized carbons (Fsp3) is 0.406. The number of carbonyl (C=O) groups is 1. The van der Waals surface area contributed by atoms with Gasteiger partial charge < -0.3 is 20.1 Å². The van der Waals surface area contributed by atoms with Gasteiger partial charge in [0.25, 0.3) is 0 Å². The Morgan fingerprint density at radius 3 is 2.43 bits per heavy atom. The first kappa shape index (κ1) is 29.2. The van der Waals surface area contributed by atoms with Gasteiger partial charge in [-0.2, -0.15) is 5.10 Å². The Hall–Kier alpha value is -4.31. The summed E-state index contributed by atoms with van der Waals surface area (Å²) in [6.45, 7) is 10.9. The number of benzene rings is 1. The first-order chi connectivity index (χ1) is 19.9. The van der Waals surface area contributed by atoms with Gasteiger partial charge in [0.15, 0.2) is 0 Å². The molecule has 0 saturated carbocycles. The van der Waals surface area contributed by atoms with Crippen molar-refractivity contribution < 1.29 is 14.6 Å². The molecule has 1 aromatic carbocycles. The number of pyridine rings is 1. The van der Waals surface area contributed by atoms with Gasteiger partial charge in [-0.3, -0.25) is 9.67 Å². The van der Waals surface area contributed by atoms with E-state index in [0.717, 1.165) is 35.3 Å². The standard InChI is InChI=1S/C32H39N7O3/c1-31(2,3)42-30(40)38-17-13-23(14-18-38)22-8-10-25(11-9-22)35-29-34-16-12-27(36-29)26-20-39(21-32(4,5)41)37-28(26)24-7-6-15-33-19-24/h6-12,15-16,19-20,23,41H,13-14,17-18,21H2,1-5H3,(H,34,35,36). The van der Waals surface area contributed by atoms with Crippen molar-refractivity contribution in [1.29, 1.82) is 0 Å². The minimum Gasteiger partial charge on any atom is -0.444 e. The van der Waals surface area contributed by atoms with Crippen molar-refractivity contribution in [2.45, 2.75) is 71.1 Å². The fourth-order valence-electron chi connectivity index (χ4n) is 5.06. The molecule has 0 aliphatic carbocycles. The zero-order valence-corrected chi connectivity index (χ0v) is 24.9. The second-order valence-electron chi connectivity index (χ2n) is 12.4. The van der Waals surface area contributed by atoms with E-state index in [4.69, 9.17) is 14.8 Å². The van der Waals surface area contributed by atoms with Crippen molar-refractivity contribution >= 4 is 17.7 Å². The molecule has 4 aromatic rings. The molecule has 10 heteroatoms. The molecule has 1 saturated heterocycles. The summed E-state index contributed by atoms with van der Waals surface area (Å²) in [5.41, 5.74) is 3.86. The van der Waals surface area contributed by atoms with E-state index in [1.165, 1.54) is 5.56 Å². The quantitative estimate of drug-likeness (QED) is 0.277. The lowest BCUT2D eigenvalue weighted by atomic mass is 9.89. The highest BCUT2D eigenvalue weighted by Crippen LogP contribution is 2.32. The van der Waals surface area contributed by atoms with Crippen molar-refractivity contribution in [3.05, 3.63) is 72.8 Å². The average Bonchev–Trinajstić information content (AvgIpc) is 3.36. The molecule has 2 N–H and O–H groups in total. The summed E-state index contributed by atoms with van der Waals surface area (Å²) in [6, 6.07) is 14.0. The average molecular weight is 570 g/mol. The van der Waals surface area contributed by atoms with Gasteiger partial charge in [-0.05, 0) is 89.3 Å². The number of ether oxygens (including phenoxy) is 1. The predicted octanol–water partition coefficient (Wildman–Crippen LogP) is 6.03. The Bertz CT molecular complexity index is 1500. The molecule has 42 heavy (non-hydrogen) atoms. The number of aliphatic hydroxyl groups is 1. The molecule has 1 fully saturated rings. The number of likely N-dealkylation sites (tertiary alicyclic amines) is 1. The van der Waals surface area contributed by atoms with Gasteiger partial charge >= 0.3 is 6.09 Å². The van der Waals surface area contributed by atoms with Crippen LogP contribution in [0, 0.1) is 0 Å². The number of carbonyl (C=O) groups excluding carboxylic acids is 1. The maximum absolute atomic E-state index is 12.4. The topological polar surface area (TPSA) is 118 Å². The largest absolute Gasteiger partial charge is 0.444 e. The third kappa shape index (κ3) is 7.50. The molecular formula is C32H39N7O3. The number of amides is 1. The first-order valence-corrected chi connectivity index (χ1v) is 14.3. The zero-order chi connectivity index (χ0) is 29.9. The highest BCUT2D eigenvalue weighted by molar-refractivity contribution is 5.78. The Morgan fingerprint density at radius 2 is 1.79 bits per heavy atom. The van der Waals surface area contributed by atoms with Gasteiger partial charge in [-0.15, -0.1) is 0 Å². The van der Waals surface area contributed by atoms with E-state index in [1.807, 2.05) is 57.3 Å². The van der Waals surface area contributed by atoms with E-state index >= 15 is 0 Å². The second kappa shape index (κ2) is 11.9. The third-order valence-electron chi connectivity index (χ3n) is 6.96. The molecule has 1 aliphatic rings. The molecule has 5 rings (SSSR count). The number of hydrogen-bond donors (Lipinski definition) is 2. The molecule has 0 spiro atoms. The van der Waals surface area contributed by atoms with Crippen molar-refractivity contribution in [3.63, 3.8) is 0 Å². The van der Waals surface area contributed by atoms with Crippen LogP contribution in [0.25, 0.3) is 22.5 Å². The predicted molar refractivity (Wildman–Crippen MR) is 162 cm³/mol. The SMILES string of the molecule is CC(C)(O)Cn1cc(-c2ccnc(Nc3ccc(C4CCN(C(=O)OC(C)(C)C)CC4)cc3)n2)c(-c2cccnc2)n1. The van der Waals surface area contributed by atoms with Gasteiger partial charge in [0.2, 0.25) is 5.95 Å². The highest BCUT2D eigenvalue weighted by Gasteiger charge is 2.27. The maximum atomic E-state index is 12.4. The Labute approximate surface area is 246 Å². The molecule has 10 nitrogen and oxygen atoms in total. The van der Waals surface area contributed by atoms with E-state index in [2.05, 4.69) is 27.4 Å². The zero-order valence-electron chi connectivity index (χ0n) is 24.9. The number of hydrogen-bond acceptors (Lipinski definition) is 8. The second-order valence-corrected chi connectivity index (χ2v) is 12.4. The van der Waals surface area contributed by atoms with Crippen LogP contribution < -0.4 is 5.32 Å². The summed E-state index contributed by atoms with van der Waals surface area (Å²) in [4.78, 5) is 27.7. The summed E-state index contributed by atoms with van der Waals surface area (Å²) in [5, 5.41) is 18.4. The number of anilines is 2. The van der Waals surface area contributed by atoms with Crippen LogP contribution in [-0.2, 0) is 11.3 Å². The molecule has 1 aliphatic heterocycles. The third-order valence-corrected chi connectivity index (χ3v) is 6.96. The summed E-state index contributed by atoms with van der Waals surface area (Å²) in [5.74, 6) is 0.863. The van der Waals surface area contributed by atoms with Gasteiger partial charge in [0.1, 0.15) is 11.3 Å². The van der Waals surface area contributed by atoms with Crippen LogP contribution in [0.4, 0.5) is 16.4 Å². The van der Waals surface area contributed by atoms with Crippen LogP contribution in [0.2, 0.25) is 0 Å². The molecule has 0 radical (unpaired) electrons. The van der Waals surface area contributed by atoms with Gasteiger partial charge in [0.05, 0.1) is 17.8 Å². The van der Waals surface area contributed by atoms with Crippen LogP contribution in [-0.4, -0.2) is 65.1 Å². The maximum Gasteiger partial charge on any atom is 0.410 e. The van der Waals surface area contributed by atoms with Crippen LogP contribution >= 0.6 is 0 Å². The number of aromatic nitrogens is 5. The lowest BCUT2D eigenvalue weighted by molar-refractivity contribution is 0.0204. The summed E-state index contributed by atoms with van der Waals surface area (Å²) in [7, 11) is 0. The molecule has 0 bridgehead atoms. The van der Waals surface area contributed by atoms with E-state index in [9.17, 15) is 9.90 Å². The number of piperidine rings is 1. The van der Waals surface area contributed by atoms with E-state index in [-0.39, 0.29) is 6.09 Å². The number of nitrogens with zero attached hydrogens (tertiary/aromatic N) is 6. The monoisotopic (exact) mass is 569 g/mol. The Balaban J connectivity index is 1.28. The van der Waals surface area contributed by atoms with E-state index in [1.54, 1.807) is 42.0 Å². The summed E-state index contributed by atoms with van der Waals surface area (Å²) >= 11 is 0. The molecule has 3 aromatic heterocycles. The fourth-order valence-corrected chi connectivity index (χ4v) is 5.06. The molecule has 4 heterocycles. The molecule has 0 atom stereocenters. The number of rotatable bonds is 7. The van der Waals surface area contributed by atoms with Crippen LogP contribution in [0.3, 0.4) is 0 Å². The minimum atomic E-state index is -0.921. The molecular weight excluding hydrogens is 530 g/mol.